The zero-order chi connectivity index (χ0) is 15.2. The Morgan fingerprint density at radius 2 is 2.05 bits per heavy atom. The van der Waals surface area contributed by atoms with Gasteiger partial charge in [0, 0.05) is 18.7 Å². The van der Waals surface area contributed by atoms with E-state index in [1.165, 1.54) is 7.11 Å². The van der Waals surface area contributed by atoms with Crippen molar-refractivity contribution in [3.8, 4) is 11.5 Å². The lowest BCUT2D eigenvalue weighted by molar-refractivity contribution is -0.137. The van der Waals surface area contributed by atoms with Crippen LogP contribution in [0.4, 0.5) is 0 Å². The van der Waals surface area contributed by atoms with E-state index in [0.29, 0.717) is 43.4 Å². The quantitative estimate of drug-likeness (QED) is 0.610. The molecule has 1 aliphatic rings. The Labute approximate surface area is 135 Å². The molecule has 1 aromatic rings. The average Bonchev–Trinajstić information content (AvgIpc) is 2.53. The number of nitrogen functional groups attached to an aromatic ring is 1. The number of ether oxygens (including phenoxy) is 3. The fraction of sp³-hybridized carbons (Fsp3) is 0.429. The third-order valence-electron chi connectivity index (χ3n) is 3.19. The van der Waals surface area contributed by atoms with Crippen molar-refractivity contribution in [2.75, 3.05) is 40.0 Å². The van der Waals surface area contributed by atoms with Crippen LogP contribution in [0.3, 0.4) is 0 Å². The highest BCUT2D eigenvalue weighted by Crippen LogP contribution is 2.27. The highest BCUT2D eigenvalue weighted by Gasteiger charge is 2.18. The lowest BCUT2D eigenvalue weighted by Gasteiger charge is -2.26. The van der Waals surface area contributed by atoms with Crippen LogP contribution < -0.4 is 15.2 Å². The fourth-order valence-corrected chi connectivity index (χ4v) is 2.00. The van der Waals surface area contributed by atoms with Crippen LogP contribution in [0, 0.1) is 5.41 Å². The largest absolute Gasteiger partial charge is 0.493 e. The molecule has 8 heteroatoms. The van der Waals surface area contributed by atoms with E-state index in [0.717, 1.165) is 0 Å². The van der Waals surface area contributed by atoms with Gasteiger partial charge in [-0.05, 0) is 18.2 Å². The van der Waals surface area contributed by atoms with E-state index in [1.807, 2.05) is 0 Å². The summed E-state index contributed by atoms with van der Waals surface area (Å²) in [6.07, 6.45) is 0. The number of hydrogen-bond acceptors (Lipinski definition) is 5. The molecule has 0 radical (unpaired) electrons. The van der Waals surface area contributed by atoms with Crippen molar-refractivity contribution < 1.29 is 19.0 Å². The lowest BCUT2D eigenvalue weighted by Crippen LogP contribution is -2.43. The summed E-state index contributed by atoms with van der Waals surface area (Å²) < 4.78 is 15.9. The second-order valence-electron chi connectivity index (χ2n) is 4.56. The number of halogens is 1. The van der Waals surface area contributed by atoms with Crippen LogP contribution in [0.5, 0.6) is 11.5 Å². The summed E-state index contributed by atoms with van der Waals surface area (Å²) >= 11 is 0. The van der Waals surface area contributed by atoms with E-state index in [1.54, 1.807) is 23.1 Å². The number of nitrogens with one attached hydrogen (secondary N) is 1. The van der Waals surface area contributed by atoms with Crippen molar-refractivity contribution >= 4 is 24.1 Å². The van der Waals surface area contributed by atoms with E-state index < -0.39 is 0 Å². The summed E-state index contributed by atoms with van der Waals surface area (Å²) in [5.74, 6) is 0.752. The van der Waals surface area contributed by atoms with Crippen LogP contribution in [0.25, 0.3) is 0 Å². The first-order chi connectivity index (χ1) is 10.1. The van der Waals surface area contributed by atoms with Crippen molar-refractivity contribution in [1.29, 1.82) is 5.41 Å². The van der Waals surface area contributed by atoms with E-state index >= 15 is 0 Å². The number of rotatable bonds is 5. The normalized spacial score (nSPS) is 14.0. The van der Waals surface area contributed by atoms with Gasteiger partial charge in [-0.1, -0.05) is 0 Å². The molecule has 0 bridgehead atoms. The first-order valence-corrected chi connectivity index (χ1v) is 6.62. The Hall–Kier alpha value is -1.99. The van der Waals surface area contributed by atoms with Gasteiger partial charge in [-0.25, -0.2) is 0 Å². The molecule has 0 spiro atoms. The van der Waals surface area contributed by atoms with Crippen LogP contribution >= 0.6 is 12.4 Å². The number of carbonyl (C=O) groups is 1. The Balaban J connectivity index is 0.00000242. The van der Waals surface area contributed by atoms with Gasteiger partial charge >= 0.3 is 0 Å². The molecule has 3 N–H and O–H groups in total. The number of amides is 1. The molecular weight excluding hydrogens is 310 g/mol. The topological polar surface area (TPSA) is 97.9 Å². The summed E-state index contributed by atoms with van der Waals surface area (Å²) in [5, 5.41) is 7.39. The highest BCUT2D eigenvalue weighted by atomic mass is 35.5. The summed E-state index contributed by atoms with van der Waals surface area (Å²) in [6, 6.07) is 4.90. The van der Waals surface area contributed by atoms with E-state index in [2.05, 4.69) is 0 Å². The van der Waals surface area contributed by atoms with Crippen molar-refractivity contribution in [3.63, 3.8) is 0 Å². The maximum atomic E-state index is 12.0. The first-order valence-electron chi connectivity index (χ1n) is 6.62. The van der Waals surface area contributed by atoms with Crippen LogP contribution in [-0.4, -0.2) is 56.7 Å². The second-order valence-corrected chi connectivity index (χ2v) is 4.56. The van der Waals surface area contributed by atoms with Crippen LogP contribution in [-0.2, 0) is 9.53 Å². The molecule has 0 atom stereocenters. The molecule has 22 heavy (non-hydrogen) atoms. The highest BCUT2D eigenvalue weighted by molar-refractivity contribution is 5.95. The first kappa shape index (κ1) is 18.1. The minimum atomic E-state index is -0.0870. The molecule has 0 saturated carbocycles. The van der Waals surface area contributed by atoms with Gasteiger partial charge in [-0.2, -0.15) is 0 Å². The van der Waals surface area contributed by atoms with Crippen LogP contribution in [0.1, 0.15) is 5.56 Å². The molecule has 0 unspecified atom stereocenters. The van der Waals surface area contributed by atoms with Crippen molar-refractivity contribution in [3.05, 3.63) is 23.8 Å². The number of nitrogens with two attached hydrogens (primary N) is 1. The summed E-state index contributed by atoms with van der Waals surface area (Å²) in [6.45, 7) is 2.23. The smallest absolute Gasteiger partial charge is 0.260 e. The Morgan fingerprint density at radius 1 is 1.36 bits per heavy atom. The van der Waals surface area contributed by atoms with Gasteiger partial charge in [0.05, 0.1) is 20.3 Å². The minimum absolute atomic E-state index is 0. The maximum Gasteiger partial charge on any atom is 0.260 e. The Bertz CT molecular complexity index is 533. The fourth-order valence-electron chi connectivity index (χ4n) is 2.00. The lowest BCUT2D eigenvalue weighted by atomic mass is 10.2. The summed E-state index contributed by atoms with van der Waals surface area (Å²) in [7, 11) is 1.50. The van der Waals surface area contributed by atoms with E-state index in [4.69, 9.17) is 25.4 Å². The van der Waals surface area contributed by atoms with Gasteiger partial charge in [0.1, 0.15) is 5.84 Å². The molecule has 122 valence electrons. The number of carbonyl (C=O) groups excluding carboxylic acids is 1. The molecule has 2 rings (SSSR count). The van der Waals surface area contributed by atoms with Gasteiger partial charge in [-0.15, -0.1) is 12.4 Å². The molecule has 1 amide bonds. The molecule has 1 aliphatic heterocycles. The number of methoxy groups -OCH3 is 1. The van der Waals surface area contributed by atoms with Crippen molar-refractivity contribution in [2.24, 2.45) is 5.73 Å². The maximum absolute atomic E-state index is 12.0. The number of benzene rings is 1. The van der Waals surface area contributed by atoms with Gasteiger partial charge in [0.25, 0.3) is 5.91 Å². The molecule has 1 saturated heterocycles. The predicted molar refractivity (Wildman–Crippen MR) is 84.2 cm³/mol. The zero-order valence-corrected chi connectivity index (χ0v) is 13.1. The third-order valence-corrected chi connectivity index (χ3v) is 3.19. The molecular formula is C14H20ClN3O4. The molecule has 1 heterocycles. The van der Waals surface area contributed by atoms with Crippen molar-refractivity contribution in [1.82, 2.24) is 4.90 Å². The van der Waals surface area contributed by atoms with Gasteiger partial charge < -0.3 is 24.8 Å². The molecule has 1 aromatic carbocycles. The van der Waals surface area contributed by atoms with Crippen LogP contribution in [0.15, 0.2) is 18.2 Å². The van der Waals surface area contributed by atoms with Gasteiger partial charge in [0.15, 0.2) is 18.1 Å². The summed E-state index contributed by atoms with van der Waals surface area (Å²) in [5.41, 5.74) is 5.96. The average molecular weight is 330 g/mol. The van der Waals surface area contributed by atoms with Gasteiger partial charge in [0.2, 0.25) is 0 Å². The minimum Gasteiger partial charge on any atom is -0.493 e. The Morgan fingerprint density at radius 3 is 2.64 bits per heavy atom. The number of hydrogen-bond donors (Lipinski definition) is 2. The third kappa shape index (κ3) is 4.51. The monoisotopic (exact) mass is 329 g/mol. The number of amidine groups is 1. The SMILES string of the molecule is COc1cc(C(=N)N)ccc1OCC(=O)N1CCOCC1.Cl. The molecule has 7 nitrogen and oxygen atoms in total. The zero-order valence-electron chi connectivity index (χ0n) is 12.3. The second kappa shape index (κ2) is 8.45. The van der Waals surface area contributed by atoms with Gasteiger partial charge in [-0.3, -0.25) is 10.2 Å². The number of morpholine rings is 1. The summed E-state index contributed by atoms with van der Waals surface area (Å²) in [4.78, 5) is 13.7. The van der Waals surface area contributed by atoms with Crippen molar-refractivity contribution in [2.45, 2.75) is 0 Å². The molecule has 1 fully saturated rings. The molecule has 0 aromatic heterocycles. The number of nitrogens with zero attached hydrogens (tertiary/aromatic N) is 1. The van der Waals surface area contributed by atoms with Crippen LogP contribution in [0.2, 0.25) is 0 Å². The standard InChI is InChI=1S/C14H19N3O4.ClH/c1-19-12-8-10(14(15)16)2-3-11(12)21-9-13(18)17-4-6-20-7-5-17;/h2-3,8H,4-7,9H2,1H3,(H3,15,16);1H. The molecule has 0 aliphatic carbocycles. The predicted octanol–water partition coefficient (Wildman–Crippen LogP) is 0.639. The van der Waals surface area contributed by atoms with E-state index in [9.17, 15) is 4.79 Å². The Kier molecular flexibility index (Phi) is 6.94. The van der Waals surface area contributed by atoms with E-state index in [-0.39, 0.29) is 30.8 Å².